The van der Waals surface area contributed by atoms with Gasteiger partial charge in [0.25, 0.3) is 0 Å². The van der Waals surface area contributed by atoms with Crippen LogP contribution >= 0.6 is 0 Å². The highest BCUT2D eigenvalue weighted by Crippen LogP contribution is 2.24. The van der Waals surface area contributed by atoms with Crippen LogP contribution in [0.3, 0.4) is 0 Å². The molecule has 0 saturated carbocycles. The molecule has 1 aliphatic rings. The number of halogens is 1. The zero-order valence-corrected chi connectivity index (χ0v) is 8.49. The lowest BCUT2D eigenvalue weighted by Crippen LogP contribution is -2.33. The van der Waals surface area contributed by atoms with Gasteiger partial charge in [0.2, 0.25) is 0 Å². The molecule has 0 unspecified atom stereocenters. The summed E-state index contributed by atoms with van der Waals surface area (Å²) in [5.74, 6) is -0.0269. The summed E-state index contributed by atoms with van der Waals surface area (Å²) >= 11 is 0. The summed E-state index contributed by atoms with van der Waals surface area (Å²) in [5.41, 5.74) is 0.661. The Balaban J connectivity index is 2.08. The Bertz CT molecular complexity index is 375. The Morgan fingerprint density at radius 1 is 1.27 bits per heavy atom. The molecule has 1 aromatic carbocycles. The van der Waals surface area contributed by atoms with E-state index in [0.717, 1.165) is 25.9 Å². The quantitative estimate of drug-likeness (QED) is 0.703. The van der Waals surface area contributed by atoms with Crippen molar-refractivity contribution in [2.45, 2.75) is 12.8 Å². The molecule has 78 valence electrons. The highest BCUT2D eigenvalue weighted by molar-refractivity contribution is 5.47. The van der Waals surface area contributed by atoms with E-state index in [1.165, 1.54) is 6.07 Å². The number of hydrogen-bond donors (Lipinski definition) is 0. The van der Waals surface area contributed by atoms with E-state index >= 15 is 0 Å². The second kappa shape index (κ2) is 4.31. The molecule has 0 radical (unpaired) electrons. The maximum atomic E-state index is 13.4. The van der Waals surface area contributed by atoms with E-state index in [-0.39, 0.29) is 11.7 Å². The molecule has 1 saturated heterocycles. The van der Waals surface area contributed by atoms with Gasteiger partial charge in [0.1, 0.15) is 5.82 Å². The van der Waals surface area contributed by atoms with Gasteiger partial charge in [0.15, 0.2) is 0 Å². The second-order valence-corrected chi connectivity index (χ2v) is 3.84. The van der Waals surface area contributed by atoms with Crippen LogP contribution in [0.4, 0.5) is 10.1 Å². The van der Waals surface area contributed by atoms with Gasteiger partial charge in [-0.3, -0.25) is 0 Å². The topological polar surface area (TPSA) is 27.0 Å². The van der Waals surface area contributed by atoms with Crippen LogP contribution in [0.1, 0.15) is 12.8 Å². The summed E-state index contributed by atoms with van der Waals surface area (Å²) in [5, 5.41) is 8.76. The Morgan fingerprint density at radius 3 is 2.53 bits per heavy atom. The van der Waals surface area contributed by atoms with Gasteiger partial charge in [-0.2, -0.15) is 5.26 Å². The van der Waals surface area contributed by atoms with E-state index in [1.54, 1.807) is 12.1 Å². The van der Waals surface area contributed by atoms with Gasteiger partial charge in [0, 0.05) is 19.0 Å². The zero-order valence-electron chi connectivity index (χ0n) is 8.49. The summed E-state index contributed by atoms with van der Waals surface area (Å²) in [7, 11) is 0. The third-order valence-corrected chi connectivity index (χ3v) is 2.87. The monoisotopic (exact) mass is 204 g/mol. The Hall–Kier alpha value is -1.56. The molecule has 0 N–H and O–H groups in total. The molecule has 2 nitrogen and oxygen atoms in total. The molecule has 0 atom stereocenters. The average Bonchev–Trinajstić information content (AvgIpc) is 2.30. The number of nitrogens with zero attached hydrogens (tertiary/aromatic N) is 2. The van der Waals surface area contributed by atoms with Gasteiger partial charge in [-0.05, 0) is 25.0 Å². The Labute approximate surface area is 88.9 Å². The smallest absolute Gasteiger partial charge is 0.146 e. The van der Waals surface area contributed by atoms with Crippen LogP contribution < -0.4 is 4.90 Å². The molecular formula is C12H13FN2. The standard InChI is InChI=1S/C12H13FN2/c13-11-3-1-2-4-12(11)15-7-5-10(9-14)6-8-15/h1-4,10H,5-8H2. The van der Waals surface area contributed by atoms with E-state index < -0.39 is 0 Å². The Kier molecular flexibility index (Phi) is 2.86. The summed E-state index contributed by atoms with van der Waals surface area (Å²) < 4.78 is 13.4. The van der Waals surface area contributed by atoms with Crippen molar-refractivity contribution in [2.24, 2.45) is 5.92 Å². The first-order chi connectivity index (χ1) is 7.31. The fraction of sp³-hybridized carbons (Fsp3) is 0.417. The number of hydrogen-bond acceptors (Lipinski definition) is 2. The SMILES string of the molecule is N#CC1CCN(c2ccccc2F)CC1. The summed E-state index contributed by atoms with van der Waals surface area (Å²) in [6.07, 6.45) is 1.68. The molecule has 1 aliphatic heterocycles. The predicted octanol–water partition coefficient (Wildman–Crippen LogP) is 2.57. The molecule has 0 spiro atoms. The molecule has 1 fully saturated rings. The van der Waals surface area contributed by atoms with Crippen LogP contribution in [-0.4, -0.2) is 13.1 Å². The summed E-state index contributed by atoms with van der Waals surface area (Å²) in [4.78, 5) is 2.02. The number of rotatable bonds is 1. The van der Waals surface area contributed by atoms with Crippen LogP contribution in [0.15, 0.2) is 24.3 Å². The number of para-hydroxylation sites is 1. The van der Waals surface area contributed by atoms with Gasteiger partial charge in [-0.15, -0.1) is 0 Å². The predicted molar refractivity (Wildman–Crippen MR) is 57.0 cm³/mol. The minimum atomic E-state index is -0.173. The molecule has 15 heavy (non-hydrogen) atoms. The molecule has 0 amide bonds. The molecular weight excluding hydrogens is 191 g/mol. The minimum Gasteiger partial charge on any atom is -0.369 e. The van der Waals surface area contributed by atoms with Gasteiger partial charge < -0.3 is 4.90 Å². The highest BCUT2D eigenvalue weighted by Gasteiger charge is 2.20. The van der Waals surface area contributed by atoms with E-state index in [9.17, 15) is 4.39 Å². The van der Waals surface area contributed by atoms with Crippen molar-refractivity contribution in [3.8, 4) is 6.07 Å². The van der Waals surface area contributed by atoms with Crippen LogP contribution in [0, 0.1) is 23.1 Å². The zero-order chi connectivity index (χ0) is 10.7. The lowest BCUT2D eigenvalue weighted by Gasteiger charge is -2.31. The molecule has 0 bridgehead atoms. The first-order valence-electron chi connectivity index (χ1n) is 5.20. The van der Waals surface area contributed by atoms with E-state index in [0.29, 0.717) is 5.69 Å². The minimum absolute atomic E-state index is 0.146. The fourth-order valence-electron chi connectivity index (χ4n) is 1.96. The van der Waals surface area contributed by atoms with Crippen LogP contribution in [0.25, 0.3) is 0 Å². The molecule has 0 aromatic heterocycles. The number of piperidine rings is 1. The molecule has 2 rings (SSSR count). The summed E-state index contributed by atoms with van der Waals surface area (Å²) in [6, 6.07) is 9.08. The highest BCUT2D eigenvalue weighted by atomic mass is 19.1. The molecule has 1 heterocycles. The van der Waals surface area contributed by atoms with Gasteiger partial charge in [-0.25, -0.2) is 4.39 Å². The van der Waals surface area contributed by atoms with E-state index in [2.05, 4.69) is 6.07 Å². The second-order valence-electron chi connectivity index (χ2n) is 3.84. The van der Waals surface area contributed by atoms with E-state index in [1.807, 2.05) is 11.0 Å². The fourth-order valence-corrected chi connectivity index (χ4v) is 1.96. The molecule has 1 aromatic rings. The number of nitriles is 1. The van der Waals surface area contributed by atoms with Crippen LogP contribution in [-0.2, 0) is 0 Å². The lowest BCUT2D eigenvalue weighted by molar-refractivity contribution is 0.481. The third kappa shape index (κ3) is 2.10. The van der Waals surface area contributed by atoms with Gasteiger partial charge in [0.05, 0.1) is 11.8 Å². The Morgan fingerprint density at radius 2 is 1.93 bits per heavy atom. The lowest BCUT2D eigenvalue weighted by atomic mass is 9.98. The van der Waals surface area contributed by atoms with Crippen molar-refractivity contribution in [1.29, 1.82) is 5.26 Å². The van der Waals surface area contributed by atoms with Gasteiger partial charge >= 0.3 is 0 Å². The van der Waals surface area contributed by atoms with Crippen LogP contribution in [0.5, 0.6) is 0 Å². The summed E-state index contributed by atoms with van der Waals surface area (Å²) in [6.45, 7) is 1.55. The van der Waals surface area contributed by atoms with Crippen molar-refractivity contribution in [3.63, 3.8) is 0 Å². The van der Waals surface area contributed by atoms with Crippen molar-refractivity contribution >= 4 is 5.69 Å². The first-order valence-corrected chi connectivity index (χ1v) is 5.20. The number of benzene rings is 1. The maximum absolute atomic E-state index is 13.4. The largest absolute Gasteiger partial charge is 0.369 e. The molecule has 0 aliphatic carbocycles. The van der Waals surface area contributed by atoms with Crippen molar-refractivity contribution < 1.29 is 4.39 Å². The first kappa shape index (κ1) is 9.97. The molecule has 3 heteroatoms. The number of anilines is 1. The third-order valence-electron chi connectivity index (χ3n) is 2.87. The van der Waals surface area contributed by atoms with Crippen LogP contribution in [0.2, 0.25) is 0 Å². The normalized spacial score (nSPS) is 17.5. The maximum Gasteiger partial charge on any atom is 0.146 e. The van der Waals surface area contributed by atoms with Crippen molar-refractivity contribution in [1.82, 2.24) is 0 Å². The average molecular weight is 204 g/mol. The van der Waals surface area contributed by atoms with E-state index in [4.69, 9.17) is 5.26 Å². The van der Waals surface area contributed by atoms with Gasteiger partial charge in [-0.1, -0.05) is 12.1 Å². The van der Waals surface area contributed by atoms with Crippen molar-refractivity contribution in [3.05, 3.63) is 30.1 Å². The van der Waals surface area contributed by atoms with Crippen molar-refractivity contribution in [2.75, 3.05) is 18.0 Å².